The molecule has 5 rings (SSSR count). The van der Waals surface area contributed by atoms with Gasteiger partial charge >= 0.3 is 0 Å². The summed E-state index contributed by atoms with van der Waals surface area (Å²) in [5, 5.41) is 15.2. The third-order valence-corrected chi connectivity index (χ3v) is 6.76. The molecule has 2 amide bonds. The molecule has 0 saturated heterocycles. The van der Waals surface area contributed by atoms with Crippen LogP contribution in [-0.4, -0.2) is 33.6 Å². The average molecular weight is 535 g/mol. The summed E-state index contributed by atoms with van der Waals surface area (Å²) < 4.78 is 6.93. The molecule has 7 nitrogen and oxygen atoms in total. The van der Waals surface area contributed by atoms with Crippen molar-refractivity contribution in [2.24, 2.45) is 0 Å². The summed E-state index contributed by atoms with van der Waals surface area (Å²) >= 11 is 6.12. The second kappa shape index (κ2) is 10.8. The van der Waals surface area contributed by atoms with Gasteiger partial charge in [-0.05, 0) is 60.5 Å². The van der Waals surface area contributed by atoms with Crippen LogP contribution in [0.1, 0.15) is 18.1 Å². The number of nitrogens with zero attached hydrogens (tertiary/aromatic N) is 4. The molecular weight excluding hydrogens is 512 g/mol. The Morgan fingerprint density at radius 1 is 0.974 bits per heavy atom. The zero-order valence-electron chi connectivity index (χ0n) is 21.3. The fraction of sp³-hybridized carbons (Fsp3) is 0.0968. The van der Waals surface area contributed by atoms with E-state index in [1.54, 1.807) is 61.2 Å². The lowest BCUT2D eigenvalue weighted by molar-refractivity contribution is -0.141. The minimum Gasteiger partial charge on any atom is -0.497 e. The van der Waals surface area contributed by atoms with Crippen LogP contribution in [0.15, 0.2) is 102 Å². The van der Waals surface area contributed by atoms with E-state index >= 15 is 0 Å². The van der Waals surface area contributed by atoms with E-state index in [0.717, 1.165) is 21.7 Å². The minimum absolute atomic E-state index is 0.0186. The number of nitriles is 1. The molecule has 1 aliphatic rings. The Morgan fingerprint density at radius 2 is 1.67 bits per heavy atom. The number of para-hydroxylation sites is 1. The molecule has 0 N–H and O–H groups in total. The van der Waals surface area contributed by atoms with E-state index in [-0.39, 0.29) is 17.7 Å². The van der Waals surface area contributed by atoms with E-state index in [1.807, 2.05) is 54.7 Å². The molecule has 192 valence electrons. The first-order valence-corrected chi connectivity index (χ1v) is 12.5. The van der Waals surface area contributed by atoms with E-state index in [2.05, 4.69) is 0 Å². The van der Waals surface area contributed by atoms with Gasteiger partial charge in [0.25, 0.3) is 11.8 Å². The van der Waals surface area contributed by atoms with E-state index in [4.69, 9.17) is 21.4 Å². The first-order valence-electron chi connectivity index (χ1n) is 12.1. The maximum Gasteiger partial charge on any atom is 0.271 e. The number of hydrogen-bond donors (Lipinski definition) is 0. The number of ether oxygens (including phenoxy) is 1. The lowest BCUT2D eigenvalue weighted by Gasteiger charge is -2.27. The molecule has 0 atom stereocenters. The van der Waals surface area contributed by atoms with Crippen LogP contribution in [0, 0.1) is 11.3 Å². The summed E-state index contributed by atoms with van der Waals surface area (Å²) in [5.74, 6) is -0.443. The Morgan fingerprint density at radius 3 is 2.31 bits per heavy atom. The zero-order valence-corrected chi connectivity index (χ0v) is 22.0. The van der Waals surface area contributed by atoms with Crippen molar-refractivity contribution < 1.29 is 14.3 Å². The van der Waals surface area contributed by atoms with Gasteiger partial charge in [-0.25, -0.2) is 4.68 Å². The predicted octanol–water partition coefficient (Wildman–Crippen LogP) is 5.99. The number of aromatic nitrogens is 2. The number of carbonyl (C=O) groups excluding carboxylic acids is 2. The first-order chi connectivity index (χ1) is 18.9. The van der Waals surface area contributed by atoms with Crippen molar-refractivity contribution in [3.05, 3.63) is 118 Å². The number of hydrogen-bond acceptors (Lipinski definition) is 5. The van der Waals surface area contributed by atoms with Crippen molar-refractivity contribution in [2.45, 2.75) is 13.5 Å². The van der Waals surface area contributed by atoms with Crippen LogP contribution in [0.4, 0.5) is 0 Å². The fourth-order valence-corrected chi connectivity index (χ4v) is 4.51. The summed E-state index contributed by atoms with van der Waals surface area (Å²) in [6.07, 6.45) is 3.52. The van der Waals surface area contributed by atoms with Gasteiger partial charge in [-0.15, -0.1) is 0 Å². The van der Waals surface area contributed by atoms with Crippen LogP contribution in [0.3, 0.4) is 0 Å². The molecule has 0 bridgehead atoms. The standard InChI is InChI=1S/C31H23ClN4O3/c1-20-27(30(37)35(31(38)28(20)17-33)18-21-8-14-26(39-2)15-9-21)16-23-19-36(25-6-4-3-5-7-25)34-29(23)22-10-12-24(32)13-11-22/h3-16,19H,18H2,1-2H3/b27-16+. The number of benzene rings is 3. The van der Waals surface area contributed by atoms with Crippen LogP contribution >= 0.6 is 11.6 Å². The molecule has 4 aromatic rings. The summed E-state index contributed by atoms with van der Waals surface area (Å²) in [4.78, 5) is 28.0. The predicted molar refractivity (Wildman–Crippen MR) is 149 cm³/mol. The highest BCUT2D eigenvalue weighted by atomic mass is 35.5. The van der Waals surface area contributed by atoms with Gasteiger partial charge in [0.2, 0.25) is 0 Å². The number of imide groups is 1. The molecule has 1 aliphatic heterocycles. The van der Waals surface area contributed by atoms with Crippen molar-refractivity contribution in [3.63, 3.8) is 0 Å². The summed E-state index contributed by atoms with van der Waals surface area (Å²) in [6, 6.07) is 25.9. The summed E-state index contributed by atoms with van der Waals surface area (Å²) in [6.45, 7) is 1.64. The highest BCUT2D eigenvalue weighted by Crippen LogP contribution is 2.32. The van der Waals surface area contributed by atoms with E-state index < -0.39 is 11.8 Å². The highest BCUT2D eigenvalue weighted by Gasteiger charge is 2.35. The molecular formula is C31H23ClN4O3. The van der Waals surface area contributed by atoms with Crippen molar-refractivity contribution >= 4 is 29.5 Å². The monoisotopic (exact) mass is 534 g/mol. The molecule has 0 aliphatic carbocycles. The normalized spacial score (nSPS) is 14.6. The quantitative estimate of drug-likeness (QED) is 0.224. The molecule has 0 saturated carbocycles. The molecule has 8 heteroatoms. The van der Waals surface area contributed by atoms with Gasteiger partial charge in [-0.3, -0.25) is 14.5 Å². The first kappa shape index (κ1) is 25.7. The summed E-state index contributed by atoms with van der Waals surface area (Å²) in [5.41, 5.74) is 4.16. The summed E-state index contributed by atoms with van der Waals surface area (Å²) in [7, 11) is 1.56. The van der Waals surface area contributed by atoms with E-state index in [9.17, 15) is 14.9 Å². The van der Waals surface area contributed by atoms with Crippen molar-refractivity contribution in [3.8, 4) is 28.8 Å². The Hall–Kier alpha value is -4.93. The number of halogens is 1. The van der Waals surface area contributed by atoms with Crippen molar-refractivity contribution in [1.82, 2.24) is 14.7 Å². The molecule has 3 aromatic carbocycles. The van der Waals surface area contributed by atoms with Crippen LogP contribution in [0.25, 0.3) is 23.0 Å². The van der Waals surface area contributed by atoms with Crippen LogP contribution in [0.2, 0.25) is 5.02 Å². The van der Waals surface area contributed by atoms with Gasteiger partial charge in [-0.1, -0.05) is 54.1 Å². The zero-order chi connectivity index (χ0) is 27.5. The lowest BCUT2D eigenvalue weighted by atomic mass is 9.93. The third-order valence-electron chi connectivity index (χ3n) is 6.51. The van der Waals surface area contributed by atoms with Gasteiger partial charge in [0.05, 0.1) is 25.0 Å². The largest absolute Gasteiger partial charge is 0.497 e. The van der Waals surface area contributed by atoms with Gasteiger partial charge in [0, 0.05) is 27.9 Å². The number of amides is 2. The maximum atomic E-state index is 13.7. The molecule has 1 aromatic heterocycles. The van der Waals surface area contributed by atoms with Gasteiger partial charge in [0.15, 0.2) is 0 Å². The van der Waals surface area contributed by atoms with E-state index in [0.29, 0.717) is 27.6 Å². The van der Waals surface area contributed by atoms with Crippen LogP contribution in [0.5, 0.6) is 5.75 Å². The van der Waals surface area contributed by atoms with Gasteiger partial charge in [0.1, 0.15) is 17.4 Å². The van der Waals surface area contributed by atoms with Crippen molar-refractivity contribution in [2.75, 3.05) is 7.11 Å². The molecule has 0 radical (unpaired) electrons. The molecule has 39 heavy (non-hydrogen) atoms. The number of rotatable bonds is 6. The second-order valence-corrected chi connectivity index (χ2v) is 9.37. The van der Waals surface area contributed by atoms with Crippen molar-refractivity contribution in [1.29, 1.82) is 5.26 Å². The lowest BCUT2D eigenvalue weighted by Crippen LogP contribution is -2.42. The molecule has 0 spiro atoms. The maximum absolute atomic E-state index is 13.7. The number of carbonyl (C=O) groups is 2. The Kier molecular flexibility index (Phi) is 7.13. The average Bonchev–Trinajstić information content (AvgIpc) is 3.39. The minimum atomic E-state index is -0.620. The van der Waals surface area contributed by atoms with Gasteiger partial charge in [-0.2, -0.15) is 10.4 Å². The molecule has 0 unspecified atom stereocenters. The Labute approximate surface area is 230 Å². The van der Waals surface area contributed by atoms with Gasteiger partial charge < -0.3 is 4.74 Å². The molecule has 0 fully saturated rings. The van der Waals surface area contributed by atoms with E-state index in [1.165, 1.54) is 0 Å². The highest BCUT2D eigenvalue weighted by molar-refractivity contribution is 6.30. The van der Waals surface area contributed by atoms with Crippen LogP contribution < -0.4 is 4.74 Å². The Bertz CT molecular complexity index is 1660. The fourth-order valence-electron chi connectivity index (χ4n) is 4.38. The molecule has 2 heterocycles. The smallest absolute Gasteiger partial charge is 0.271 e. The topological polar surface area (TPSA) is 88.2 Å². The second-order valence-electron chi connectivity index (χ2n) is 8.93. The number of methoxy groups -OCH3 is 1. The van der Waals surface area contributed by atoms with Crippen LogP contribution in [-0.2, 0) is 16.1 Å². The Balaban J connectivity index is 1.62. The SMILES string of the molecule is COc1ccc(CN2C(=O)C(C#N)=C(C)/C(=C\c3cn(-c4ccccc4)nc3-c3ccc(Cl)cc3)C2=O)cc1. The third kappa shape index (κ3) is 5.11.